The molecule has 2 N–H and O–H groups in total. The Bertz CT molecular complexity index is 1310. The van der Waals surface area contributed by atoms with E-state index < -0.39 is 0 Å². The molecule has 1 aliphatic carbocycles. The molecule has 1 aliphatic rings. The maximum atomic E-state index is 12.5. The number of carbonyl (C=O) groups excluding carboxylic acids is 1. The number of carbonyl (C=O) groups is 1. The van der Waals surface area contributed by atoms with E-state index in [1.54, 1.807) is 41.8 Å². The lowest BCUT2D eigenvalue weighted by Crippen LogP contribution is -2.24. The Kier molecular flexibility index (Phi) is 6.04. The van der Waals surface area contributed by atoms with Crippen molar-refractivity contribution >= 4 is 39.2 Å². The summed E-state index contributed by atoms with van der Waals surface area (Å²) < 4.78 is 1.82. The summed E-state index contributed by atoms with van der Waals surface area (Å²) >= 11 is 3.24. The molecule has 0 saturated heterocycles. The molecular formula is C22H22N6O2S2. The molecule has 0 spiro atoms. The third-order valence-electron chi connectivity index (χ3n) is 5.43. The molecule has 0 aromatic carbocycles. The van der Waals surface area contributed by atoms with Gasteiger partial charge in [0.1, 0.15) is 22.8 Å². The fraction of sp³-hybridized carbons (Fsp3) is 0.318. The molecule has 5 rings (SSSR count). The molecule has 4 aromatic rings. The highest BCUT2D eigenvalue weighted by Gasteiger charge is 2.21. The standard InChI is InChI=1S/C22H22N6O2S2/c29-18(25-11-14-3-2-7-24-20(14)28-9-8-23-13-28)6-10-31-12-17-26-21(30)19-15-4-1-5-16(15)32-22(19)27-17/h2-3,7-9,13H,1,4-6,10-12H2,(H,25,29)(H,26,27,30). The van der Waals surface area contributed by atoms with Crippen molar-refractivity contribution in [3.8, 4) is 5.82 Å². The molecule has 0 atom stereocenters. The Morgan fingerprint density at radius 3 is 3.12 bits per heavy atom. The van der Waals surface area contributed by atoms with Gasteiger partial charge in [0, 0.05) is 47.7 Å². The summed E-state index contributed by atoms with van der Waals surface area (Å²) in [5.74, 6) is 2.63. The SMILES string of the molecule is O=C(CCSCc1nc2sc3c(c2c(=O)[nH]1)CCC3)NCc1cccnc1-n1ccnc1. The lowest BCUT2D eigenvalue weighted by Gasteiger charge is -2.10. The predicted octanol–water partition coefficient (Wildman–Crippen LogP) is 2.99. The topological polar surface area (TPSA) is 106 Å². The fourth-order valence-electron chi connectivity index (χ4n) is 3.92. The highest BCUT2D eigenvalue weighted by atomic mass is 32.2. The van der Waals surface area contributed by atoms with Crippen LogP contribution < -0.4 is 10.9 Å². The Labute approximate surface area is 192 Å². The first-order valence-electron chi connectivity index (χ1n) is 10.5. The van der Waals surface area contributed by atoms with E-state index in [0.717, 1.165) is 40.9 Å². The van der Waals surface area contributed by atoms with E-state index in [-0.39, 0.29) is 11.5 Å². The van der Waals surface area contributed by atoms with Crippen molar-refractivity contribution < 1.29 is 4.79 Å². The Hall–Kier alpha value is -2.98. The molecule has 8 nitrogen and oxygen atoms in total. The lowest BCUT2D eigenvalue weighted by atomic mass is 10.2. The lowest BCUT2D eigenvalue weighted by molar-refractivity contribution is -0.120. The van der Waals surface area contributed by atoms with E-state index >= 15 is 0 Å². The second-order valence-electron chi connectivity index (χ2n) is 7.59. The van der Waals surface area contributed by atoms with Gasteiger partial charge in [0.2, 0.25) is 5.91 Å². The average molecular weight is 467 g/mol. The second kappa shape index (κ2) is 9.25. The van der Waals surface area contributed by atoms with Crippen LogP contribution in [0.15, 0.2) is 41.8 Å². The van der Waals surface area contributed by atoms with Crippen molar-refractivity contribution in [2.45, 2.75) is 38.0 Å². The quantitative estimate of drug-likeness (QED) is 0.387. The van der Waals surface area contributed by atoms with Crippen molar-refractivity contribution in [3.63, 3.8) is 0 Å². The zero-order valence-electron chi connectivity index (χ0n) is 17.3. The van der Waals surface area contributed by atoms with Crippen molar-refractivity contribution in [3.05, 3.63) is 69.2 Å². The number of thioether (sulfide) groups is 1. The number of hydrogen-bond donors (Lipinski definition) is 2. The van der Waals surface area contributed by atoms with E-state index in [9.17, 15) is 9.59 Å². The van der Waals surface area contributed by atoms with Gasteiger partial charge >= 0.3 is 0 Å². The van der Waals surface area contributed by atoms with Crippen LogP contribution in [0.3, 0.4) is 0 Å². The zero-order valence-corrected chi connectivity index (χ0v) is 19.0. The number of nitrogens with zero attached hydrogens (tertiary/aromatic N) is 4. The van der Waals surface area contributed by atoms with Gasteiger partial charge in [0.15, 0.2) is 0 Å². The summed E-state index contributed by atoms with van der Waals surface area (Å²) in [7, 11) is 0. The van der Waals surface area contributed by atoms with Gasteiger partial charge in [-0.1, -0.05) is 6.07 Å². The van der Waals surface area contributed by atoms with Crippen LogP contribution in [0, 0.1) is 0 Å². The van der Waals surface area contributed by atoms with E-state index in [1.165, 1.54) is 10.4 Å². The number of rotatable bonds is 8. The van der Waals surface area contributed by atoms with Gasteiger partial charge in [-0.05, 0) is 30.9 Å². The van der Waals surface area contributed by atoms with Gasteiger partial charge in [0.05, 0.1) is 11.1 Å². The third-order valence-corrected chi connectivity index (χ3v) is 7.58. The minimum absolute atomic E-state index is 0.0236. The minimum atomic E-state index is -0.0343. The highest BCUT2D eigenvalue weighted by Crippen LogP contribution is 2.34. The molecule has 0 unspecified atom stereocenters. The third kappa shape index (κ3) is 4.33. The summed E-state index contributed by atoms with van der Waals surface area (Å²) in [4.78, 5) is 43.0. The van der Waals surface area contributed by atoms with E-state index in [4.69, 9.17) is 0 Å². The second-order valence-corrected chi connectivity index (χ2v) is 9.77. The van der Waals surface area contributed by atoms with Gasteiger partial charge in [-0.25, -0.2) is 15.0 Å². The first-order valence-corrected chi connectivity index (χ1v) is 12.5. The average Bonchev–Trinajstić information content (AvgIpc) is 3.53. The smallest absolute Gasteiger partial charge is 0.259 e. The summed E-state index contributed by atoms with van der Waals surface area (Å²) in [6, 6.07) is 3.79. The van der Waals surface area contributed by atoms with Gasteiger partial charge in [0.25, 0.3) is 5.56 Å². The van der Waals surface area contributed by atoms with Crippen LogP contribution in [0.4, 0.5) is 0 Å². The molecule has 0 fully saturated rings. The first kappa shape index (κ1) is 20.9. The van der Waals surface area contributed by atoms with Crippen LogP contribution >= 0.6 is 23.1 Å². The number of amides is 1. The number of thiophene rings is 1. The maximum Gasteiger partial charge on any atom is 0.259 e. The van der Waals surface area contributed by atoms with Crippen LogP contribution in [0.2, 0.25) is 0 Å². The van der Waals surface area contributed by atoms with Gasteiger partial charge < -0.3 is 10.3 Å². The van der Waals surface area contributed by atoms with Gasteiger partial charge in [-0.15, -0.1) is 11.3 Å². The number of pyridine rings is 1. The number of aryl methyl sites for hydroxylation is 2. The van der Waals surface area contributed by atoms with Crippen molar-refractivity contribution in [1.82, 2.24) is 29.8 Å². The van der Waals surface area contributed by atoms with E-state index in [2.05, 4.69) is 25.3 Å². The Morgan fingerprint density at radius 1 is 1.31 bits per heavy atom. The van der Waals surface area contributed by atoms with Gasteiger partial charge in [-0.3, -0.25) is 14.2 Å². The summed E-state index contributed by atoms with van der Waals surface area (Å²) in [6.45, 7) is 0.402. The Balaban J connectivity index is 1.12. The molecule has 0 saturated carbocycles. The molecule has 0 radical (unpaired) electrons. The van der Waals surface area contributed by atoms with Crippen LogP contribution in [0.1, 0.15) is 34.7 Å². The molecule has 4 aromatic heterocycles. The number of aromatic nitrogens is 5. The summed E-state index contributed by atoms with van der Waals surface area (Å²) in [5.41, 5.74) is 2.08. The Morgan fingerprint density at radius 2 is 2.25 bits per heavy atom. The molecule has 32 heavy (non-hydrogen) atoms. The van der Waals surface area contributed by atoms with Crippen molar-refractivity contribution in [2.75, 3.05) is 5.75 Å². The monoisotopic (exact) mass is 466 g/mol. The van der Waals surface area contributed by atoms with E-state index in [0.29, 0.717) is 30.3 Å². The molecule has 164 valence electrons. The fourth-order valence-corrected chi connectivity index (χ4v) is 6.00. The van der Waals surface area contributed by atoms with Gasteiger partial charge in [-0.2, -0.15) is 11.8 Å². The van der Waals surface area contributed by atoms with Crippen LogP contribution in [-0.2, 0) is 29.9 Å². The maximum absolute atomic E-state index is 12.5. The number of nitrogens with one attached hydrogen (secondary N) is 2. The van der Waals surface area contributed by atoms with Crippen LogP contribution in [0.5, 0.6) is 0 Å². The summed E-state index contributed by atoms with van der Waals surface area (Å²) in [6.07, 6.45) is 10.5. The predicted molar refractivity (Wildman–Crippen MR) is 126 cm³/mol. The normalized spacial score (nSPS) is 12.9. The number of fused-ring (bicyclic) bond motifs is 3. The van der Waals surface area contributed by atoms with Crippen LogP contribution in [-0.4, -0.2) is 36.2 Å². The minimum Gasteiger partial charge on any atom is -0.352 e. The first-order chi connectivity index (χ1) is 15.7. The number of aromatic amines is 1. The molecule has 0 aliphatic heterocycles. The van der Waals surface area contributed by atoms with E-state index in [1.807, 2.05) is 22.9 Å². The number of imidazole rings is 1. The molecule has 10 heteroatoms. The molecule has 1 amide bonds. The zero-order chi connectivity index (χ0) is 21.9. The molecule has 4 heterocycles. The largest absolute Gasteiger partial charge is 0.352 e. The highest BCUT2D eigenvalue weighted by molar-refractivity contribution is 7.98. The van der Waals surface area contributed by atoms with Crippen molar-refractivity contribution in [2.24, 2.45) is 0 Å². The number of hydrogen-bond acceptors (Lipinski definition) is 7. The van der Waals surface area contributed by atoms with Crippen molar-refractivity contribution in [1.29, 1.82) is 0 Å². The summed E-state index contributed by atoms with van der Waals surface area (Å²) in [5, 5.41) is 3.74. The molecule has 0 bridgehead atoms. The van der Waals surface area contributed by atoms with Crippen LogP contribution in [0.25, 0.3) is 16.0 Å². The number of H-pyrrole nitrogens is 1. The molecular weight excluding hydrogens is 444 g/mol.